The summed E-state index contributed by atoms with van der Waals surface area (Å²) >= 11 is 0. The summed E-state index contributed by atoms with van der Waals surface area (Å²) in [5, 5.41) is 12.5. The zero-order valence-corrected chi connectivity index (χ0v) is 21.0. The number of rotatable bonds is 12. The molecule has 0 amide bonds. The van der Waals surface area contributed by atoms with E-state index < -0.39 is 25.9 Å². The Hall–Kier alpha value is -2.71. The van der Waals surface area contributed by atoms with Crippen LogP contribution in [0.1, 0.15) is 40.4 Å². The normalized spacial score (nSPS) is 15.9. The molecule has 4 unspecified atom stereocenters. The van der Waals surface area contributed by atoms with Gasteiger partial charge in [-0.3, -0.25) is 14.1 Å². The van der Waals surface area contributed by atoms with E-state index in [1.165, 1.54) is 37.3 Å². The van der Waals surface area contributed by atoms with E-state index in [0.717, 1.165) is 0 Å². The van der Waals surface area contributed by atoms with Crippen LogP contribution in [0.15, 0.2) is 52.7 Å². The first-order valence-electron chi connectivity index (χ1n) is 10.9. The Morgan fingerprint density at radius 1 is 1.24 bits per heavy atom. The summed E-state index contributed by atoms with van der Waals surface area (Å²) in [6.45, 7) is 15.4. The number of carbonyl (C=O) groups is 1. The summed E-state index contributed by atoms with van der Waals surface area (Å²) in [6, 6.07) is 4.57. The number of benzene rings is 1. The molecule has 34 heavy (non-hydrogen) atoms. The van der Waals surface area contributed by atoms with Gasteiger partial charge in [0.25, 0.3) is 0 Å². The summed E-state index contributed by atoms with van der Waals surface area (Å²) in [5.74, 6) is -0.668. The lowest BCUT2D eigenvalue weighted by atomic mass is 10.1. The molecule has 0 fully saturated rings. The van der Waals surface area contributed by atoms with Crippen LogP contribution in [0.5, 0.6) is 5.75 Å². The van der Waals surface area contributed by atoms with E-state index in [0.29, 0.717) is 5.57 Å². The number of aliphatic hydroxyl groups excluding tert-OH is 1. The third-order valence-electron chi connectivity index (χ3n) is 4.88. The standard InChI is InChI=1S/C24H32NO8P/c1-8-15(4)23-12-21(27)20-11-19(9-10-22(20)32-23)33-34(29,30-13-16(5)18(7)26)25-17(6)24(28)31-14(2)3/h8-12,14,16-18,26H,1,4,13H2,2-3,5-7H3,(H,25,29). The number of carbonyl (C=O) groups excluding carboxylic acids is 1. The van der Waals surface area contributed by atoms with Crippen molar-refractivity contribution in [3.8, 4) is 5.75 Å². The van der Waals surface area contributed by atoms with Gasteiger partial charge in [-0.15, -0.1) is 0 Å². The lowest BCUT2D eigenvalue weighted by Gasteiger charge is -2.25. The van der Waals surface area contributed by atoms with Gasteiger partial charge in [0, 0.05) is 17.6 Å². The molecule has 2 aromatic rings. The number of fused-ring (bicyclic) bond motifs is 1. The first kappa shape index (κ1) is 27.5. The topological polar surface area (TPSA) is 124 Å². The highest BCUT2D eigenvalue weighted by Crippen LogP contribution is 2.46. The number of esters is 1. The molecule has 0 radical (unpaired) electrons. The highest BCUT2D eigenvalue weighted by atomic mass is 31.2. The second-order valence-corrected chi connectivity index (χ2v) is 9.99. The Balaban J connectivity index is 2.36. The van der Waals surface area contributed by atoms with E-state index in [-0.39, 0.29) is 46.5 Å². The molecule has 0 aliphatic carbocycles. The zero-order valence-electron chi connectivity index (χ0n) is 20.1. The maximum atomic E-state index is 13.5. The first-order valence-corrected chi connectivity index (χ1v) is 12.4. The van der Waals surface area contributed by atoms with Crippen molar-refractivity contribution in [3.63, 3.8) is 0 Å². The van der Waals surface area contributed by atoms with Crippen molar-refractivity contribution in [2.24, 2.45) is 5.92 Å². The van der Waals surface area contributed by atoms with Gasteiger partial charge in [0.15, 0.2) is 5.43 Å². The summed E-state index contributed by atoms with van der Waals surface area (Å²) in [7, 11) is -4.13. The number of allylic oxidation sites excluding steroid dienone is 2. The van der Waals surface area contributed by atoms with E-state index in [1.807, 2.05) is 0 Å². The van der Waals surface area contributed by atoms with Crippen LogP contribution in [0.3, 0.4) is 0 Å². The number of nitrogens with one attached hydrogen (secondary N) is 1. The molecule has 2 rings (SSSR count). The van der Waals surface area contributed by atoms with Crippen molar-refractivity contribution in [2.75, 3.05) is 6.61 Å². The average molecular weight is 493 g/mol. The maximum Gasteiger partial charge on any atom is 0.459 e. The largest absolute Gasteiger partial charge is 0.462 e. The van der Waals surface area contributed by atoms with E-state index in [1.54, 1.807) is 27.7 Å². The minimum absolute atomic E-state index is 0.0556. The Bertz CT molecular complexity index is 1150. The number of ether oxygens (including phenoxy) is 1. The molecule has 186 valence electrons. The molecule has 0 aliphatic rings. The Labute approximate surface area is 199 Å². The van der Waals surface area contributed by atoms with Gasteiger partial charge in [-0.2, -0.15) is 5.09 Å². The van der Waals surface area contributed by atoms with E-state index in [9.17, 15) is 19.3 Å². The molecule has 0 spiro atoms. The number of aliphatic hydroxyl groups is 1. The monoisotopic (exact) mass is 493 g/mol. The molecular formula is C24H32NO8P. The fourth-order valence-electron chi connectivity index (χ4n) is 2.66. The van der Waals surface area contributed by atoms with Crippen molar-refractivity contribution >= 4 is 30.3 Å². The SMILES string of the molecule is C=CC(=C)c1cc(=O)c2cc(OP(=O)(NC(C)C(=O)OC(C)C)OCC(C)C(C)O)ccc2o1. The molecule has 1 aromatic carbocycles. The summed E-state index contributed by atoms with van der Waals surface area (Å²) in [4.78, 5) is 24.8. The lowest BCUT2D eigenvalue weighted by molar-refractivity contribution is -0.149. The molecule has 2 N–H and O–H groups in total. The molecule has 9 nitrogen and oxygen atoms in total. The molecule has 0 bridgehead atoms. The van der Waals surface area contributed by atoms with Crippen molar-refractivity contribution in [1.29, 1.82) is 0 Å². The minimum atomic E-state index is -4.13. The number of hydrogen-bond acceptors (Lipinski definition) is 8. The van der Waals surface area contributed by atoms with E-state index in [4.69, 9.17) is 18.2 Å². The highest BCUT2D eigenvalue weighted by Gasteiger charge is 2.33. The van der Waals surface area contributed by atoms with E-state index in [2.05, 4.69) is 18.2 Å². The van der Waals surface area contributed by atoms with Gasteiger partial charge in [-0.25, -0.2) is 4.57 Å². The zero-order chi connectivity index (χ0) is 25.6. The smallest absolute Gasteiger partial charge is 0.459 e. The predicted molar refractivity (Wildman–Crippen MR) is 131 cm³/mol. The average Bonchev–Trinajstić information content (AvgIpc) is 2.76. The molecule has 4 atom stereocenters. The van der Waals surface area contributed by atoms with Crippen molar-refractivity contribution in [2.45, 2.75) is 52.9 Å². The van der Waals surface area contributed by atoms with Crippen LogP contribution in [0.25, 0.3) is 16.5 Å². The Kier molecular flexibility index (Phi) is 9.41. The van der Waals surface area contributed by atoms with Crippen molar-refractivity contribution < 1.29 is 32.7 Å². The summed E-state index contributed by atoms with van der Waals surface area (Å²) < 4.78 is 35.5. The van der Waals surface area contributed by atoms with Gasteiger partial charge < -0.3 is 18.8 Å². The molecule has 1 heterocycles. The molecular weight excluding hydrogens is 461 g/mol. The molecule has 1 aromatic heterocycles. The van der Waals surface area contributed by atoms with Gasteiger partial charge in [-0.1, -0.05) is 26.2 Å². The summed E-state index contributed by atoms with van der Waals surface area (Å²) in [6.07, 6.45) is 0.386. The van der Waals surface area contributed by atoms with E-state index >= 15 is 0 Å². The first-order chi connectivity index (χ1) is 15.8. The van der Waals surface area contributed by atoms with Crippen molar-refractivity contribution in [1.82, 2.24) is 5.09 Å². The lowest BCUT2D eigenvalue weighted by Crippen LogP contribution is -2.36. The second-order valence-electron chi connectivity index (χ2n) is 8.30. The maximum absolute atomic E-state index is 13.5. The van der Waals surface area contributed by atoms with Crippen molar-refractivity contribution in [3.05, 3.63) is 59.5 Å². The van der Waals surface area contributed by atoms with Gasteiger partial charge >= 0.3 is 13.7 Å². The van der Waals surface area contributed by atoms with Gasteiger partial charge in [0.2, 0.25) is 0 Å². The third kappa shape index (κ3) is 7.40. The highest BCUT2D eigenvalue weighted by molar-refractivity contribution is 7.52. The quantitative estimate of drug-likeness (QED) is 0.251. The van der Waals surface area contributed by atoms with Crippen LogP contribution < -0.4 is 15.0 Å². The van der Waals surface area contributed by atoms with Gasteiger partial charge in [-0.05, 0) is 45.9 Å². The molecule has 0 aliphatic heterocycles. The fourth-order valence-corrected chi connectivity index (χ4v) is 4.24. The summed E-state index contributed by atoms with van der Waals surface area (Å²) in [5.41, 5.74) is 0.374. The fraction of sp³-hybridized carbons (Fsp3) is 0.417. The van der Waals surface area contributed by atoms with Gasteiger partial charge in [0.05, 0.1) is 24.2 Å². The van der Waals surface area contributed by atoms with Crippen LogP contribution in [0.4, 0.5) is 0 Å². The van der Waals surface area contributed by atoms with Gasteiger partial charge in [0.1, 0.15) is 23.1 Å². The minimum Gasteiger partial charge on any atom is -0.462 e. The Morgan fingerprint density at radius 3 is 2.50 bits per heavy atom. The van der Waals surface area contributed by atoms with Crippen LogP contribution in [0, 0.1) is 5.92 Å². The Morgan fingerprint density at radius 2 is 1.91 bits per heavy atom. The molecule has 10 heteroatoms. The van der Waals surface area contributed by atoms with Crippen LogP contribution in [-0.4, -0.2) is 35.9 Å². The second kappa shape index (κ2) is 11.6. The predicted octanol–water partition coefficient (Wildman–Crippen LogP) is 4.44. The third-order valence-corrected chi connectivity index (χ3v) is 6.52. The molecule has 0 saturated carbocycles. The van der Waals surface area contributed by atoms with Crippen LogP contribution >= 0.6 is 7.75 Å². The van der Waals surface area contributed by atoms with Crippen LogP contribution in [0.2, 0.25) is 0 Å². The number of hydrogen-bond donors (Lipinski definition) is 2. The molecule has 0 saturated heterocycles. The van der Waals surface area contributed by atoms with Crippen LogP contribution in [-0.2, 0) is 18.6 Å².